The third-order valence-electron chi connectivity index (χ3n) is 4.81. The van der Waals surface area contributed by atoms with Crippen LogP contribution in [0.3, 0.4) is 0 Å². The number of thioether (sulfide) groups is 1. The molecule has 34 heavy (non-hydrogen) atoms. The van der Waals surface area contributed by atoms with Gasteiger partial charge in [0.2, 0.25) is 5.91 Å². The normalized spacial score (nSPS) is 11.4. The molecule has 1 atom stereocenters. The molecule has 0 heterocycles. The summed E-state index contributed by atoms with van der Waals surface area (Å²) in [6.07, 6.45) is 0.584. The minimum Gasteiger partial charge on any atom is -0.478 e. The molecule has 0 saturated carbocycles. The first-order valence-electron chi connectivity index (χ1n) is 10.5. The lowest BCUT2D eigenvalue weighted by Gasteiger charge is -2.16. The summed E-state index contributed by atoms with van der Waals surface area (Å²) in [5.41, 5.74) is 3.18. The van der Waals surface area contributed by atoms with Crippen LogP contribution in [0.1, 0.15) is 29.3 Å². The van der Waals surface area contributed by atoms with Gasteiger partial charge in [-0.25, -0.2) is 4.79 Å². The highest BCUT2D eigenvalue weighted by Gasteiger charge is 2.19. The molecule has 1 unspecified atom stereocenters. The van der Waals surface area contributed by atoms with E-state index in [2.05, 4.69) is 16.0 Å². The number of aromatic carboxylic acids is 1. The van der Waals surface area contributed by atoms with Crippen LogP contribution < -0.4 is 16.0 Å². The van der Waals surface area contributed by atoms with Gasteiger partial charge < -0.3 is 21.1 Å². The molecule has 176 valence electrons. The third kappa shape index (κ3) is 7.21. The van der Waals surface area contributed by atoms with Crippen LogP contribution in [0.2, 0.25) is 5.02 Å². The summed E-state index contributed by atoms with van der Waals surface area (Å²) in [5, 5.41) is 18.5. The first-order chi connectivity index (χ1) is 16.2. The summed E-state index contributed by atoms with van der Waals surface area (Å²) in [7, 11) is 0. The number of amides is 1. The predicted octanol–water partition coefficient (Wildman–Crippen LogP) is 6.66. The number of halogens is 1. The van der Waals surface area contributed by atoms with E-state index in [-0.39, 0.29) is 21.7 Å². The molecule has 0 aromatic heterocycles. The van der Waals surface area contributed by atoms with Gasteiger partial charge in [-0.2, -0.15) is 0 Å². The van der Waals surface area contributed by atoms with Gasteiger partial charge in [0.15, 0.2) is 5.11 Å². The Hall–Kier alpha value is -3.07. The second-order valence-corrected chi connectivity index (χ2v) is 9.57. The van der Waals surface area contributed by atoms with Crippen molar-refractivity contribution in [1.82, 2.24) is 0 Å². The summed E-state index contributed by atoms with van der Waals surface area (Å²) in [6, 6.07) is 20.0. The van der Waals surface area contributed by atoms with E-state index in [9.17, 15) is 14.7 Å². The number of nitrogens with one attached hydrogen (secondary N) is 3. The van der Waals surface area contributed by atoms with Crippen LogP contribution in [0.5, 0.6) is 0 Å². The van der Waals surface area contributed by atoms with Crippen molar-refractivity contribution >= 4 is 69.6 Å². The average molecular weight is 514 g/mol. The van der Waals surface area contributed by atoms with Crippen LogP contribution in [-0.2, 0) is 4.79 Å². The van der Waals surface area contributed by atoms with Gasteiger partial charge in [-0.3, -0.25) is 4.79 Å². The van der Waals surface area contributed by atoms with Gasteiger partial charge in [-0.05, 0) is 74.1 Å². The molecule has 0 radical (unpaired) electrons. The van der Waals surface area contributed by atoms with Gasteiger partial charge in [-0.1, -0.05) is 42.3 Å². The lowest BCUT2D eigenvalue weighted by molar-refractivity contribution is -0.115. The topological polar surface area (TPSA) is 90.5 Å². The number of carbonyl (C=O) groups excluding carboxylic acids is 1. The molecule has 1 amide bonds. The smallest absolute Gasteiger partial charge is 0.337 e. The highest BCUT2D eigenvalue weighted by Crippen LogP contribution is 2.29. The predicted molar refractivity (Wildman–Crippen MR) is 144 cm³/mol. The standard InChI is InChI=1S/C25H24ClN3O3S2/c1-3-22(23(30)27-18-11-12-21(26)20(14-18)24(31)32)34-19-6-4-5-17(13-19)29-25(33)28-16-9-7-15(2)8-10-16/h4-14,22H,3H2,1-2H3,(H,27,30)(H,31,32)(H2,28,29,33). The molecule has 0 spiro atoms. The summed E-state index contributed by atoms with van der Waals surface area (Å²) in [5.74, 6) is -1.37. The molecular weight excluding hydrogens is 490 g/mol. The van der Waals surface area contributed by atoms with Gasteiger partial charge in [0.1, 0.15) is 0 Å². The second-order valence-electron chi connectivity index (χ2n) is 7.48. The maximum atomic E-state index is 12.8. The van der Waals surface area contributed by atoms with Crippen molar-refractivity contribution in [3.63, 3.8) is 0 Å². The highest BCUT2D eigenvalue weighted by molar-refractivity contribution is 8.00. The van der Waals surface area contributed by atoms with Crippen LogP contribution in [0.4, 0.5) is 17.1 Å². The molecule has 0 aliphatic carbocycles. The van der Waals surface area contributed by atoms with Crippen molar-refractivity contribution in [2.75, 3.05) is 16.0 Å². The summed E-state index contributed by atoms with van der Waals surface area (Å²) in [4.78, 5) is 25.0. The Morgan fingerprint density at radius 1 is 0.971 bits per heavy atom. The van der Waals surface area contributed by atoms with Crippen LogP contribution in [0.15, 0.2) is 71.6 Å². The van der Waals surface area contributed by atoms with Crippen molar-refractivity contribution in [1.29, 1.82) is 0 Å². The van der Waals surface area contributed by atoms with E-state index in [4.69, 9.17) is 23.8 Å². The second kappa shape index (κ2) is 11.9. The highest BCUT2D eigenvalue weighted by atomic mass is 35.5. The Balaban J connectivity index is 1.63. The van der Waals surface area contributed by atoms with Gasteiger partial charge in [0.25, 0.3) is 0 Å². The molecule has 0 aliphatic heterocycles. The molecule has 0 aliphatic rings. The van der Waals surface area contributed by atoms with Crippen molar-refractivity contribution in [2.24, 2.45) is 0 Å². The number of thiocarbonyl (C=S) groups is 1. The van der Waals surface area contributed by atoms with Crippen LogP contribution in [-0.4, -0.2) is 27.3 Å². The Kier molecular flexibility index (Phi) is 8.92. The van der Waals surface area contributed by atoms with Crippen molar-refractivity contribution in [3.05, 3.63) is 82.9 Å². The summed E-state index contributed by atoms with van der Waals surface area (Å²) < 4.78 is 0. The summed E-state index contributed by atoms with van der Waals surface area (Å²) in [6.45, 7) is 3.95. The van der Waals surface area contributed by atoms with E-state index in [0.29, 0.717) is 17.2 Å². The molecule has 6 nitrogen and oxygen atoms in total. The van der Waals surface area contributed by atoms with E-state index < -0.39 is 5.97 Å². The van der Waals surface area contributed by atoms with Crippen molar-refractivity contribution < 1.29 is 14.7 Å². The van der Waals surface area contributed by atoms with Crippen molar-refractivity contribution in [2.45, 2.75) is 30.4 Å². The Morgan fingerprint density at radius 2 is 1.62 bits per heavy atom. The van der Waals surface area contributed by atoms with Crippen LogP contribution >= 0.6 is 35.6 Å². The monoisotopic (exact) mass is 513 g/mol. The minimum absolute atomic E-state index is 0.0610. The first kappa shape index (κ1) is 25.6. The number of rotatable bonds is 8. The van der Waals surface area contributed by atoms with Gasteiger partial charge in [-0.15, -0.1) is 11.8 Å². The Bertz CT molecular complexity index is 1200. The fourth-order valence-electron chi connectivity index (χ4n) is 3.05. The number of anilines is 3. The lowest BCUT2D eigenvalue weighted by atomic mass is 10.2. The molecule has 3 aromatic carbocycles. The molecule has 0 bridgehead atoms. The maximum Gasteiger partial charge on any atom is 0.337 e. The van der Waals surface area contributed by atoms with Crippen molar-refractivity contribution in [3.8, 4) is 0 Å². The Morgan fingerprint density at radius 3 is 2.29 bits per heavy atom. The fraction of sp³-hybridized carbons (Fsp3) is 0.160. The Labute approximate surface area is 213 Å². The molecular formula is C25H24ClN3O3S2. The molecule has 3 rings (SSSR count). The number of aryl methyl sites for hydroxylation is 1. The van der Waals surface area contributed by atoms with E-state index in [1.165, 1.54) is 29.5 Å². The summed E-state index contributed by atoms with van der Waals surface area (Å²) >= 11 is 12.7. The van der Waals surface area contributed by atoms with Gasteiger partial charge in [0.05, 0.1) is 15.8 Å². The van der Waals surface area contributed by atoms with E-state index in [0.717, 1.165) is 16.3 Å². The van der Waals surface area contributed by atoms with E-state index in [1.54, 1.807) is 6.07 Å². The largest absolute Gasteiger partial charge is 0.478 e. The SMILES string of the molecule is CCC(Sc1cccc(NC(=S)Nc2ccc(C)cc2)c1)C(=O)Nc1ccc(Cl)c(C(=O)O)c1. The zero-order chi connectivity index (χ0) is 24.7. The molecule has 0 fully saturated rings. The number of hydrogen-bond donors (Lipinski definition) is 4. The number of hydrogen-bond acceptors (Lipinski definition) is 4. The molecule has 0 saturated heterocycles. The average Bonchev–Trinajstić information content (AvgIpc) is 2.80. The zero-order valence-electron chi connectivity index (χ0n) is 18.6. The van der Waals surface area contributed by atoms with E-state index in [1.807, 2.05) is 62.4 Å². The lowest BCUT2D eigenvalue weighted by Crippen LogP contribution is -2.24. The zero-order valence-corrected chi connectivity index (χ0v) is 21.0. The first-order valence-corrected chi connectivity index (χ1v) is 12.2. The number of carboxylic acids is 1. The van der Waals surface area contributed by atoms with Crippen LogP contribution in [0, 0.1) is 6.92 Å². The third-order valence-corrected chi connectivity index (χ3v) is 6.70. The molecule has 4 N–H and O–H groups in total. The molecule has 3 aromatic rings. The minimum atomic E-state index is -1.15. The van der Waals surface area contributed by atoms with E-state index >= 15 is 0 Å². The fourth-order valence-corrected chi connectivity index (χ4v) is 4.50. The number of benzene rings is 3. The number of carbonyl (C=O) groups is 2. The maximum absolute atomic E-state index is 12.8. The molecule has 9 heteroatoms. The number of carboxylic acid groups (broad SMARTS) is 1. The van der Waals surface area contributed by atoms with Gasteiger partial charge in [0, 0.05) is 22.0 Å². The van der Waals surface area contributed by atoms with Gasteiger partial charge >= 0.3 is 5.97 Å². The van der Waals surface area contributed by atoms with Crippen LogP contribution in [0.25, 0.3) is 0 Å². The quantitative estimate of drug-likeness (QED) is 0.197.